The van der Waals surface area contributed by atoms with E-state index in [9.17, 15) is 0 Å². The van der Waals surface area contributed by atoms with Crippen molar-refractivity contribution < 1.29 is 0 Å². The topological polar surface area (TPSA) is 126 Å². The third-order valence-electron chi connectivity index (χ3n) is 2.91. The molecule has 0 saturated carbocycles. The monoisotopic (exact) mass is 312 g/mol. The molecule has 3 N–H and O–H groups in total. The summed E-state index contributed by atoms with van der Waals surface area (Å²) in [6.07, 6.45) is 4.53. The largest absolute Gasteiger partial charge is 0.380 e. The van der Waals surface area contributed by atoms with Crippen molar-refractivity contribution in [2.24, 2.45) is 16.1 Å². The predicted molar refractivity (Wildman–Crippen MR) is 81.4 cm³/mol. The van der Waals surface area contributed by atoms with Gasteiger partial charge in [0.25, 0.3) is 0 Å². The lowest BCUT2D eigenvalue weighted by molar-refractivity contribution is 0.981. The van der Waals surface area contributed by atoms with E-state index in [1.54, 1.807) is 24.5 Å². The minimum Gasteiger partial charge on any atom is -0.380 e. The SMILES string of the molecule is N=NN=C(N)c1cc(-c2cc(Cl)c3nccnc3c2)ncn1. The summed E-state index contributed by atoms with van der Waals surface area (Å²) in [4.78, 5) is 16.6. The van der Waals surface area contributed by atoms with Crippen LogP contribution < -0.4 is 5.73 Å². The molecule has 22 heavy (non-hydrogen) atoms. The molecular formula is C13H9ClN8. The zero-order valence-electron chi connectivity index (χ0n) is 11.1. The van der Waals surface area contributed by atoms with Gasteiger partial charge < -0.3 is 5.73 Å². The molecule has 0 radical (unpaired) electrons. The Morgan fingerprint density at radius 3 is 2.73 bits per heavy atom. The summed E-state index contributed by atoms with van der Waals surface area (Å²) in [5.41, 5.74) is 15.4. The number of nitrogens with one attached hydrogen (secondary N) is 1. The van der Waals surface area contributed by atoms with E-state index >= 15 is 0 Å². The first kappa shape index (κ1) is 14.0. The maximum Gasteiger partial charge on any atom is 0.173 e. The van der Waals surface area contributed by atoms with E-state index in [0.29, 0.717) is 27.4 Å². The van der Waals surface area contributed by atoms with Gasteiger partial charge in [-0.3, -0.25) is 9.97 Å². The van der Waals surface area contributed by atoms with Gasteiger partial charge in [0, 0.05) is 18.0 Å². The Morgan fingerprint density at radius 1 is 1.09 bits per heavy atom. The van der Waals surface area contributed by atoms with Crippen LogP contribution in [-0.2, 0) is 0 Å². The first-order valence-corrected chi connectivity index (χ1v) is 6.50. The van der Waals surface area contributed by atoms with Gasteiger partial charge in [0.05, 0.1) is 16.2 Å². The smallest absolute Gasteiger partial charge is 0.173 e. The molecule has 0 fully saturated rings. The van der Waals surface area contributed by atoms with Crippen LogP contribution in [0.2, 0.25) is 5.02 Å². The van der Waals surface area contributed by atoms with Crippen molar-refractivity contribution in [3.05, 3.63) is 47.6 Å². The van der Waals surface area contributed by atoms with Crippen LogP contribution in [0.3, 0.4) is 0 Å². The van der Waals surface area contributed by atoms with Crippen molar-refractivity contribution in [1.29, 1.82) is 5.53 Å². The Morgan fingerprint density at radius 2 is 1.91 bits per heavy atom. The fraction of sp³-hybridized carbons (Fsp3) is 0. The van der Waals surface area contributed by atoms with Gasteiger partial charge in [-0.1, -0.05) is 16.8 Å². The number of halogens is 1. The van der Waals surface area contributed by atoms with Crippen LogP contribution in [0.15, 0.2) is 47.2 Å². The van der Waals surface area contributed by atoms with Crippen LogP contribution in [0.25, 0.3) is 22.3 Å². The third-order valence-corrected chi connectivity index (χ3v) is 3.20. The van der Waals surface area contributed by atoms with E-state index in [1.165, 1.54) is 6.33 Å². The standard InChI is InChI=1S/C13H9ClN8/c14-8-3-7(4-10-12(8)18-2-1-17-10)9-5-11(20-6-19-9)13(15)21-22-16/h1-6H,(H3,15,16,21). The molecule has 0 saturated heterocycles. The minimum absolute atomic E-state index is 0.0327. The van der Waals surface area contributed by atoms with Gasteiger partial charge >= 0.3 is 0 Å². The first-order valence-electron chi connectivity index (χ1n) is 6.12. The molecule has 0 unspecified atom stereocenters. The number of aromatic nitrogens is 4. The van der Waals surface area contributed by atoms with Crippen molar-refractivity contribution in [3.8, 4) is 11.3 Å². The molecule has 9 heteroatoms. The summed E-state index contributed by atoms with van der Waals surface area (Å²) < 4.78 is 0. The second-order valence-electron chi connectivity index (χ2n) is 4.26. The number of benzene rings is 1. The highest BCUT2D eigenvalue weighted by Crippen LogP contribution is 2.27. The molecule has 0 aliphatic rings. The number of fused-ring (bicyclic) bond motifs is 1. The van der Waals surface area contributed by atoms with Crippen LogP contribution in [0.5, 0.6) is 0 Å². The van der Waals surface area contributed by atoms with Crippen LogP contribution in [0.1, 0.15) is 5.69 Å². The Bertz CT molecular complexity index is 892. The quantitative estimate of drug-likeness (QED) is 0.332. The minimum atomic E-state index is 0.0327. The van der Waals surface area contributed by atoms with Gasteiger partial charge in [0.1, 0.15) is 17.5 Å². The van der Waals surface area contributed by atoms with E-state index in [1.807, 2.05) is 6.07 Å². The summed E-state index contributed by atoms with van der Waals surface area (Å²) >= 11 is 6.23. The molecular weight excluding hydrogens is 304 g/mol. The van der Waals surface area contributed by atoms with Crippen molar-refractivity contribution in [3.63, 3.8) is 0 Å². The average molecular weight is 313 g/mol. The zero-order valence-corrected chi connectivity index (χ0v) is 11.9. The number of nitrogens with two attached hydrogens (primary N) is 1. The van der Waals surface area contributed by atoms with Gasteiger partial charge in [-0.15, -0.1) is 5.10 Å². The Labute approximate surface area is 129 Å². The second kappa shape index (κ2) is 5.78. The fourth-order valence-electron chi connectivity index (χ4n) is 1.94. The Kier molecular flexibility index (Phi) is 3.67. The second-order valence-corrected chi connectivity index (χ2v) is 4.66. The molecule has 0 aliphatic carbocycles. The lowest BCUT2D eigenvalue weighted by Gasteiger charge is -2.05. The maximum absolute atomic E-state index is 6.70. The van der Waals surface area contributed by atoms with E-state index < -0.39 is 0 Å². The number of hydrogen-bond donors (Lipinski definition) is 2. The van der Waals surface area contributed by atoms with E-state index in [-0.39, 0.29) is 5.84 Å². The highest BCUT2D eigenvalue weighted by atomic mass is 35.5. The van der Waals surface area contributed by atoms with Crippen molar-refractivity contribution in [2.45, 2.75) is 0 Å². The van der Waals surface area contributed by atoms with Gasteiger partial charge in [0.15, 0.2) is 5.84 Å². The number of amidine groups is 1. The highest BCUT2D eigenvalue weighted by molar-refractivity contribution is 6.35. The van der Waals surface area contributed by atoms with E-state index in [4.69, 9.17) is 22.9 Å². The molecule has 2 aromatic heterocycles. The summed E-state index contributed by atoms with van der Waals surface area (Å²) in [6, 6.07) is 5.20. The van der Waals surface area contributed by atoms with Crippen LogP contribution in [0.4, 0.5) is 0 Å². The third kappa shape index (κ3) is 2.59. The molecule has 108 valence electrons. The molecule has 3 rings (SSSR count). The summed E-state index contributed by atoms with van der Waals surface area (Å²) in [5, 5.41) is 6.80. The molecule has 0 atom stereocenters. The molecule has 0 bridgehead atoms. The maximum atomic E-state index is 6.70. The summed E-state index contributed by atoms with van der Waals surface area (Å²) in [5.74, 6) is 0.0327. The molecule has 8 nitrogen and oxygen atoms in total. The van der Waals surface area contributed by atoms with Gasteiger partial charge in [-0.25, -0.2) is 9.97 Å². The van der Waals surface area contributed by atoms with Crippen LogP contribution in [0, 0.1) is 5.53 Å². The number of nitrogens with zero attached hydrogens (tertiary/aromatic N) is 6. The van der Waals surface area contributed by atoms with Crippen molar-refractivity contribution in [2.75, 3.05) is 0 Å². The lowest BCUT2D eigenvalue weighted by atomic mass is 10.1. The Hall–Kier alpha value is -3.00. The van der Waals surface area contributed by atoms with Crippen molar-refractivity contribution >= 4 is 28.5 Å². The molecule has 2 heterocycles. The van der Waals surface area contributed by atoms with Crippen LogP contribution >= 0.6 is 11.6 Å². The zero-order chi connectivity index (χ0) is 15.5. The fourth-order valence-corrected chi connectivity index (χ4v) is 2.20. The molecule has 0 spiro atoms. The molecule has 0 amide bonds. The van der Waals surface area contributed by atoms with Crippen LogP contribution in [-0.4, -0.2) is 25.8 Å². The number of hydrogen-bond acceptors (Lipinski definition) is 6. The molecule has 3 aromatic rings. The number of rotatable bonds is 3. The Balaban J connectivity index is 2.13. The normalized spacial score (nSPS) is 11.6. The van der Waals surface area contributed by atoms with Gasteiger partial charge in [-0.2, -0.15) is 5.53 Å². The van der Waals surface area contributed by atoms with Crippen molar-refractivity contribution in [1.82, 2.24) is 19.9 Å². The van der Waals surface area contributed by atoms with E-state index in [0.717, 1.165) is 5.56 Å². The predicted octanol–water partition coefficient (Wildman–Crippen LogP) is 2.39. The van der Waals surface area contributed by atoms with Gasteiger partial charge in [0.2, 0.25) is 0 Å². The summed E-state index contributed by atoms with van der Waals surface area (Å²) in [7, 11) is 0. The summed E-state index contributed by atoms with van der Waals surface area (Å²) in [6.45, 7) is 0. The lowest BCUT2D eigenvalue weighted by Crippen LogP contribution is -2.14. The van der Waals surface area contributed by atoms with E-state index in [2.05, 4.69) is 30.3 Å². The first-order chi connectivity index (χ1) is 10.7. The van der Waals surface area contributed by atoms with Gasteiger partial charge in [-0.05, 0) is 18.2 Å². The molecule has 0 aliphatic heterocycles. The molecule has 1 aromatic carbocycles. The highest BCUT2D eigenvalue weighted by Gasteiger charge is 2.09. The average Bonchev–Trinajstić information content (AvgIpc) is 2.55.